The maximum atomic E-state index is 13.8. The van der Waals surface area contributed by atoms with E-state index in [4.69, 9.17) is 16.3 Å². The largest absolute Gasteiger partial charge is 0.418 e. The number of nitrogens with zero attached hydrogens (tertiary/aromatic N) is 1. The quantitative estimate of drug-likeness (QED) is 0.445. The lowest BCUT2D eigenvalue weighted by Gasteiger charge is -2.29. The number of hydrogen-bond donors (Lipinski definition) is 3. The molecule has 1 saturated heterocycles. The number of ether oxygens (including phenoxy) is 1. The molecule has 2 aromatic rings. The van der Waals surface area contributed by atoms with E-state index < -0.39 is 35.5 Å². The van der Waals surface area contributed by atoms with Gasteiger partial charge < -0.3 is 25.6 Å². The Labute approximate surface area is 215 Å². The number of rotatable bonds is 9. The molecule has 1 aromatic heterocycles. The van der Waals surface area contributed by atoms with Crippen molar-refractivity contribution >= 4 is 52.0 Å². The zero-order valence-corrected chi connectivity index (χ0v) is 21.1. The van der Waals surface area contributed by atoms with Gasteiger partial charge in [0, 0.05) is 18.8 Å². The van der Waals surface area contributed by atoms with Crippen molar-refractivity contribution in [2.24, 2.45) is 5.92 Å². The predicted octanol–water partition coefficient (Wildman–Crippen LogP) is 3.77. The summed E-state index contributed by atoms with van der Waals surface area (Å²) in [5.41, 5.74) is -1.44. The normalized spacial score (nSPS) is 15.2. The average molecular weight is 547 g/mol. The number of carbonyl (C=O) groups excluding carboxylic acids is 3. The summed E-state index contributed by atoms with van der Waals surface area (Å²) in [6.45, 7) is 4.00. The molecule has 3 amide bonds. The fraction of sp³-hybridized carbons (Fsp3) is 0.435. The molecule has 3 rings (SSSR count). The molecule has 2 heterocycles. The first-order valence-electron chi connectivity index (χ1n) is 11.1. The molecule has 1 aliphatic heterocycles. The van der Waals surface area contributed by atoms with Crippen molar-refractivity contribution in [3.63, 3.8) is 0 Å². The van der Waals surface area contributed by atoms with E-state index >= 15 is 0 Å². The summed E-state index contributed by atoms with van der Waals surface area (Å²) in [6, 6.07) is 5.47. The summed E-state index contributed by atoms with van der Waals surface area (Å²) in [6.07, 6.45) is -4.76. The summed E-state index contributed by atoms with van der Waals surface area (Å²) in [7, 11) is 0. The number of nitrogens with one attached hydrogen (secondary N) is 3. The van der Waals surface area contributed by atoms with Crippen LogP contribution in [0, 0.1) is 5.92 Å². The lowest BCUT2D eigenvalue weighted by atomic mass is 10.1. The van der Waals surface area contributed by atoms with Crippen LogP contribution >= 0.6 is 22.9 Å². The zero-order chi connectivity index (χ0) is 26.5. The SMILES string of the molecule is CC(C)CN[C@H](CNC(=O)c1ccc(Cl)s1)C(=O)Nc1ccc(N2CCOCC2=O)c(C(F)(F)F)c1. The molecule has 1 aliphatic rings. The molecule has 0 bridgehead atoms. The van der Waals surface area contributed by atoms with E-state index in [1.165, 1.54) is 6.07 Å². The van der Waals surface area contributed by atoms with E-state index in [2.05, 4.69) is 16.0 Å². The van der Waals surface area contributed by atoms with E-state index in [-0.39, 0.29) is 43.6 Å². The first-order valence-corrected chi connectivity index (χ1v) is 12.3. The van der Waals surface area contributed by atoms with Crippen LogP contribution in [0.15, 0.2) is 30.3 Å². The van der Waals surface area contributed by atoms with Crippen LogP contribution in [0.2, 0.25) is 4.34 Å². The lowest BCUT2D eigenvalue weighted by Crippen LogP contribution is -2.49. The van der Waals surface area contributed by atoms with Crippen molar-refractivity contribution in [1.82, 2.24) is 10.6 Å². The van der Waals surface area contributed by atoms with Gasteiger partial charge in [0.05, 0.1) is 27.1 Å². The van der Waals surface area contributed by atoms with E-state index in [0.717, 1.165) is 28.4 Å². The number of hydrogen-bond acceptors (Lipinski definition) is 6. The summed E-state index contributed by atoms with van der Waals surface area (Å²) < 4.78 is 47.0. The maximum absolute atomic E-state index is 13.8. The van der Waals surface area contributed by atoms with Gasteiger partial charge in [-0.05, 0) is 42.8 Å². The monoisotopic (exact) mass is 546 g/mol. The third-order valence-electron chi connectivity index (χ3n) is 5.20. The van der Waals surface area contributed by atoms with E-state index in [0.29, 0.717) is 15.8 Å². The molecule has 0 saturated carbocycles. The highest BCUT2D eigenvalue weighted by atomic mass is 35.5. The number of thiophene rings is 1. The molecule has 1 aromatic carbocycles. The lowest BCUT2D eigenvalue weighted by molar-refractivity contribution is -0.137. The van der Waals surface area contributed by atoms with Crippen molar-refractivity contribution in [2.45, 2.75) is 26.1 Å². The van der Waals surface area contributed by atoms with Gasteiger partial charge in [-0.3, -0.25) is 14.4 Å². The van der Waals surface area contributed by atoms with Crippen molar-refractivity contribution < 1.29 is 32.3 Å². The minimum atomic E-state index is -4.76. The van der Waals surface area contributed by atoms with Crippen LogP contribution < -0.4 is 20.9 Å². The number of benzene rings is 1. The molecule has 3 N–H and O–H groups in total. The fourth-order valence-corrected chi connectivity index (χ4v) is 4.39. The standard InChI is InChI=1S/C23H26ClF3N4O4S/c1-13(2)10-28-16(11-29-22(34)18-5-6-19(24)36-18)21(33)30-14-3-4-17(15(9-14)23(25,26)27)31-7-8-35-12-20(31)32/h3-6,9,13,16,28H,7-8,10-12H2,1-2H3,(H,29,34)(H,30,33)/t16-/m1/s1. The molecule has 0 radical (unpaired) electrons. The molecular weight excluding hydrogens is 521 g/mol. The Hall–Kier alpha value is -2.67. The van der Waals surface area contributed by atoms with Gasteiger partial charge >= 0.3 is 6.18 Å². The topological polar surface area (TPSA) is 99.8 Å². The zero-order valence-electron chi connectivity index (χ0n) is 19.6. The predicted molar refractivity (Wildman–Crippen MR) is 132 cm³/mol. The molecular formula is C23H26ClF3N4O4S. The first kappa shape index (κ1) is 27.9. The Bertz CT molecular complexity index is 1110. The maximum Gasteiger partial charge on any atom is 0.418 e. The van der Waals surface area contributed by atoms with E-state index in [1.807, 2.05) is 13.8 Å². The van der Waals surface area contributed by atoms with Gasteiger partial charge in [-0.25, -0.2) is 0 Å². The molecule has 1 fully saturated rings. The number of morpholine rings is 1. The molecule has 196 valence electrons. The van der Waals surface area contributed by atoms with Crippen LogP contribution in [-0.4, -0.2) is 56.6 Å². The van der Waals surface area contributed by atoms with Crippen LogP contribution in [-0.2, 0) is 20.5 Å². The van der Waals surface area contributed by atoms with Crippen LogP contribution in [0.1, 0.15) is 29.1 Å². The molecule has 36 heavy (non-hydrogen) atoms. The smallest absolute Gasteiger partial charge is 0.370 e. The average Bonchev–Trinajstić information content (AvgIpc) is 3.25. The van der Waals surface area contributed by atoms with Crippen LogP contribution in [0.25, 0.3) is 0 Å². The summed E-state index contributed by atoms with van der Waals surface area (Å²) >= 11 is 6.94. The summed E-state index contributed by atoms with van der Waals surface area (Å²) in [5, 5.41) is 8.16. The third-order valence-corrected chi connectivity index (χ3v) is 6.43. The second-order valence-electron chi connectivity index (χ2n) is 8.49. The second kappa shape index (κ2) is 12.0. The Morgan fingerprint density at radius 1 is 1.19 bits per heavy atom. The van der Waals surface area contributed by atoms with Gasteiger partial charge in [0.15, 0.2) is 0 Å². The molecule has 0 aliphatic carbocycles. The molecule has 0 unspecified atom stereocenters. The van der Waals surface area contributed by atoms with Crippen LogP contribution in [0.5, 0.6) is 0 Å². The van der Waals surface area contributed by atoms with E-state index in [1.54, 1.807) is 12.1 Å². The van der Waals surface area contributed by atoms with Crippen molar-refractivity contribution in [3.8, 4) is 0 Å². The summed E-state index contributed by atoms with van der Waals surface area (Å²) in [5.74, 6) is -1.45. The van der Waals surface area contributed by atoms with Gasteiger partial charge in [-0.15, -0.1) is 11.3 Å². The van der Waals surface area contributed by atoms with Gasteiger partial charge in [0.1, 0.15) is 12.6 Å². The van der Waals surface area contributed by atoms with Crippen molar-refractivity contribution in [2.75, 3.05) is 43.1 Å². The van der Waals surface area contributed by atoms with Crippen LogP contribution in [0.4, 0.5) is 24.5 Å². The van der Waals surface area contributed by atoms with Gasteiger partial charge in [0.2, 0.25) is 5.91 Å². The van der Waals surface area contributed by atoms with Gasteiger partial charge in [-0.2, -0.15) is 13.2 Å². The fourth-order valence-electron chi connectivity index (χ4n) is 3.43. The minimum absolute atomic E-state index is 0.00995. The Balaban J connectivity index is 1.77. The Morgan fingerprint density at radius 2 is 1.94 bits per heavy atom. The molecule has 1 atom stereocenters. The summed E-state index contributed by atoms with van der Waals surface area (Å²) in [4.78, 5) is 38.8. The highest BCUT2D eigenvalue weighted by Crippen LogP contribution is 2.38. The molecule has 0 spiro atoms. The highest BCUT2D eigenvalue weighted by molar-refractivity contribution is 7.18. The number of anilines is 2. The minimum Gasteiger partial charge on any atom is -0.370 e. The van der Waals surface area contributed by atoms with Crippen LogP contribution in [0.3, 0.4) is 0 Å². The van der Waals surface area contributed by atoms with Crippen molar-refractivity contribution in [3.05, 3.63) is 45.1 Å². The number of alkyl halides is 3. The molecule has 13 heteroatoms. The number of halogens is 4. The highest BCUT2D eigenvalue weighted by Gasteiger charge is 2.37. The molecule has 8 nitrogen and oxygen atoms in total. The Morgan fingerprint density at radius 3 is 2.56 bits per heavy atom. The van der Waals surface area contributed by atoms with Gasteiger partial charge in [0.25, 0.3) is 11.8 Å². The Kier molecular flexibility index (Phi) is 9.34. The van der Waals surface area contributed by atoms with Gasteiger partial charge in [-0.1, -0.05) is 25.4 Å². The number of carbonyl (C=O) groups is 3. The van der Waals surface area contributed by atoms with Crippen molar-refractivity contribution in [1.29, 1.82) is 0 Å². The first-order chi connectivity index (χ1) is 17.0. The second-order valence-corrected chi connectivity index (χ2v) is 10.2. The third kappa shape index (κ3) is 7.42. The number of amides is 3. The van der Waals surface area contributed by atoms with E-state index in [9.17, 15) is 27.6 Å².